The fourth-order valence-electron chi connectivity index (χ4n) is 2.95. The van der Waals surface area contributed by atoms with E-state index in [1.807, 2.05) is 60.7 Å². The molecule has 0 aromatic heterocycles. The Hall–Kier alpha value is -2.39. The summed E-state index contributed by atoms with van der Waals surface area (Å²) in [5.74, 6) is 0.0321. The van der Waals surface area contributed by atoms with Gasteiger partial charge in [0.25, 0.3) is 0 Å². The van der Waals surface area contributed by atoms with Crippen LogP contribution in [0.3, 0.4) is 0 Å². The highest BCUT2D eigenvalue weighted by Crippen LogP contribution is 2.17. The first-order valence-electron chi connectivity index (χ1n) is 8.53. The molecule has 0 amide bonds. The standard InChI is InChI=1S/C21H24N2O/c1-23-15-13-20(14-16-23)22-19-10-8-18(9-11-19)21(24)12-7-17-5-3-2-4-6-17/h2-12,20,22H,13-16H2,1H3/b12-7+. The number of rotatable bonds is 5. The highest BCUT2D eigenvalue weighted by molar-refractivity contribution is 6.06. The van der Waals surface area contributed by atoms with E-state index in [1.165, 1.54) is 0 Å². The van der Waals surface area contributed by atoms with Crippen molar-refractivity contribution in [1.82, 2.24) is 4.90 Å². The summed E-state index contributed by atoms with van der Waals surface area (Å²) in [7, 11) is 2.17. The van der Waals surface area contributed by atoms with E-state index in [4.69, 9.17) is 0 Å². The number of nitrogens with one attached hydrogen (secondary N) is 1. The van der Waals surface area contributed by atoms with Crippen LogP contribution < -0.4 is 5.32 Å². The number of nitrogens with zero attached hydrogens (tertiary/aromatic N) is 1. The third-order valence-corrected chi connectivity index (χ3v) is 4.49. The van der Waals surface area contributed by atoms with Gasteiger partial charge in [-0.05, 0) is 68.9 Å². The molecule has 0 aliphatic carbocycles. The molecule has 1 fully saturated rings. The summed E-state index contributed by atoms with van der Waals surface area (Å²) in [4.78, 5) is 14.6. The summed E-state index contributed by atoms with van der Waals surface area (Å²) in [6.45, 7) is 2.27. The summed E-state index contributed by atoms with van der Waals surface area (Å²) < 4.78 is 0. The molecule has 0 bridgehead atoms. The zero-order valence-corrected chi connectivity index (χ0v) is 14.1. The van der Waals surface area contributed by atoms with Crippen LogP contribution in [0.15, 0.2) is 60.7 Å². The van der Waals surface area contributed by atoms with Gasteiger partial charge in [0.05, 0.1) is 0 Å². The smallest absolute Gasteiger partial charge is 0.185 e. The first-order valence-corrected chi connectivity index (χ1v) is 8.53. The highest BCUT2D eigenvalue weighted by atomic mass is 16.1. The number of anilines is 1. The second kappa shape index (κ2) is 7.93. The summed E-state index contributed by atoms with van der Waals surface area (Å²) >= 11 is 0. The number of benzene rings is 2. The number of allylic oxidation sites excluding steroid dienone is 1. The SMILES string of the molecule is CN1CCC(Nc2ccc(C(=O)/C=C/c3ccccc3)cc2)CC1. The number of piperidine rings is 1. The Kier molecular flexibility index (Phi) is 5.44. The lowest BCUT2D eigenvalue weighted by molar-refractivity contribution is 0.104. The molecule has 3 heteroatoms. The van der Waals surface area contributed by atoms with E-state index in [9.17, 15) is 4.79 Å². The molecular formula is C21H24N2O. The van der Waals surface area contributed by atoms with Crippen LogP contribution in [-0.2, 0) is 0 Å². The van der Waals surface area contributed by atoms with Crippen molar-refractivity contribution in [2.24, 2.45) is 0 Å². The Labute approximate surface area is 144 Å². The molecule has 24 heavy (non-hydrogen) atoms. The number of hydrogen-bond acceptors (Lipinski definition) is 3. The Morgan fingerprint density at radius 2 is 1.71 bits per heavy atom. The maximum absolute atomic E-state index is 12.2. The van der Waals surface area contributed by atoms with E-state index in [2.05, 4.69) is 17.3 Å². The third-order valence-electron chi connectivity index (χ3n) is 4.49. The second-order valence-corrected chi connectivity index (χ2v) is 6.41. The molecule has 0 atom stereocenters. The number of hydrogen-bond donors (Lipinski definition) is 1. The molecular weight excluding hydrogens is 296 g/mol. The number of carbonyl (C=O) groups excluding carboxylic acids is 1. The first kappa shape index (κ1) is 16.5. The van der Waals surface area contributed by atoms with Crippen molar-refractivity contribution in [2.45, 2.75) is 18.9 Å². The van der Waals surface area contributed by atoms with Crippen LogP contribution >= 0.6 is 0 Å². The van der Waals surface area contributed by atoms with E-state index >= 15 is 0 Å². The lowest BCUT2D eigenvalue weighted by Gasteiger charge is -2.30. The van der Waals surface area contributed by atoms with Gasteiger partial charge in [-0.1, -0.05) is 36.4 Å². The van der Waals surface area contributed by atoms with Crippen molar-refractivity contribution < 1.29 is 4.79 Å². The predicted octanol–water partition coefficient (Wildman–Crippen LogP) is 4.09. The number of likely N-dealkylation sites (tertiary alicyclic amines) is 1. The van der Waals surface area contributed by atoms with Gasteiger partial charge in [0.2, 0.25) is 0 Å². The molecule has 2 aromatic rings. The minimum absolute atomic E-state index is 0.0321. The van der Waals surface area contributed by atoms with Crippen LogP contribution in [0.5, 0.6) is 0 Å². The van der Waals surface area contributed by atoms with Gasteiger partial charge in [0.15, 0.2) is 5.78 Å². The summed E-state index contributed by atoms with van der Waals surface area (Å²) in [6.07, 6.45) is 5.82. The summed E-state index contributed by atoms with van der Waals surface area (Å²) in [5.41, 5.74) is 2.84. The molecule has 0 unspecified atom stereocenters. The van der Waals surface area contributed by atoms with Crippen molar-refractivity contribution in [3.63, 3.8) is 0 Å². The molecule has 2 aromatic carbocycles. The minimum atomic E-state index is 0.0321. The molecule has 1 saturated heterocycles. The van der Waals surface area contributed by atoms with Crippen LogP contribution in [0, 0.1) is 0 Å². The summed E-state index contributed by atoms with van der Waals surface area (Å²) in [5, 5.41) is 3.57. The lowest BCUT2D eigenvalue weighted by Crippen LogP contribution is -2.36. The third kappa shape index (κ3) is 4.56. The van der Waals surface area contributed by atoms with Crippen LogP contribution in [0.1, 0.15) is 28.8 Å². The first-order chi connectivity index (χ1) is 11.7. The molecule has 3 rings (SSSR count). The quantitative estimate of drug-likeness (QED) is 0.665. The fraction of sp³-hybridized carbons (Fsp3) is 0.286. The monoisotopic (exact) mass is 320 g/mol. The normalized spacial score (nSPS) is 16.4. The molecule has 124 valence electrons. The molecule has 0 radical (unpaired) electrons. The molecule has 1 heterocycles. The molecule has 1 aliphatic rings. The maximum Gasteiger partial charge on any atom is 0.185 e. The number of ketones is 1. The van der Waals surface area contributed by atoms with Gasteiger partial charge in [-0.15, -0.1) is 0 Å². The molecule has 3 nitrogen and oxygen atoms in total. The van der Waals surface area contributed by atoms with E-state index in [0.717, 1.165) is 42.7 Å². The Balaban J connectivity index is 1.57. The van der Waals surface area contributed by atoms with Gasteiger partial charge in [-0.25, -0.2) is 0 Å². The van der Waals surface area contributed by atoms with Gasteiger partial charge in [0, 0.05) is 17.3 Å². The maximum atomic E-state index is 12.2. The van der Waals surface area contributed by atoms with Gasteiger partial charge in [-0.3, -0.25) is 4.79 Å². The van der Waals surface area contributed by atoms with Gasteiger partial charge in [0.1, 0.15) is 0 Å². The van der Waals surface area contributed by atoms with E-state index < -0.39 is 0 Å². The fourth-order valence-corrected chi connectivity index (χ4v) is 2.95. The summed E-state index contributed by atoms with van der Waals surface area (Å²) in [6, 6.07) is 18.2. The lowest BCUT2D eigenvalue weighted by atomic mass is 10.0. The second-order valence-electron chi connectivity index (χ2n) is 6.41. The predicted molar refractivity (Wildman–Crippen MR) is 100 cm³/mol. The zero-order valence-electron chi connectivity index (χ0n) is 14.1. The highest BCUT2D eigenvalue weighted by Gasteiger charge is 2.16. The molecule has 0 spiro atoms. The van der Waals surface area contributed by atoms with Crippen molar-refractivity contribution >= 4 is 17.5 Å². The minimum Gasteiger partial charge on any atom is -0.382 e. The Bertz CT molecular complexity index is 684. The van der Waals surface area contributed by atoms with Crippen LogP contribution in [0.25, 0.3) is 6.08 Å². The van der Waals surface area contributed by atoms with E-state index in [-0.39, 0.29) is 5.78 Å². The molecule has 1 N–H and O–H groups in total. The average molecular weight is 320 g/mol. The van der Waals surface area contributed by atoms with Crippen molar-refractivity contribution in [1.29, 1.82) is 0 Å². The van der Waals surface area contributed by atoms with Crippen LogP contribution in [0.2, 0.25) is 0 Å². The van der Waals surface area contributed by atoms with Gasteiger partial charge in [-0.2, -0.15) is 0 Å². The van der Waals surface area contributed by atoms with Gasteiger partial charge < -0.3 is 10.2 Å². The van der Waals surface area contributed by atoms with Gasteiger partial charge >= 0.3 is 0 Å². The van der Waals surface area contributed by atoms with Crippen LogP contribution in [-0.4, -0.2) is 36.9 Å². The van der Waals surface area contributed by atoms with E-state index in [0.29, 0.717) is 6.04 Å². The zero-order chi connectivity index (χ0) is 16.8. The van der Waals surface area contributed by atoms with E-state index in [1.54, 1.807) is 6.08 Å². The largest absolute Gasteiger partial charge is 0.382 e. The van der Waals surface area contributed by atoms with Crippen molar-refractivity contribution in [2.75, 3.05) is 25.5 Å². The Morgan fingerprint density at radius 1 is 1.04 bits per heavy atom. The topological polar surface area (TPSA) is 32.3 Å². The molecule has 1 aliphatic heterocycles. The van der Waals surface area contributed by atoms with Crippen molar-refractivity contribution in [3.8, 4) is 0 Å². The number of carbonyl (C=O) groups is 1. The molecule has 0 saturated carbocycles. The van der Waals surface area contributed by atoms with Crippen molar-refractivity contribution in [3.05, 3.63) is 71.8 Å². The average Bonchev–Trinajstić information content (AvgIpc) is 2.63. The Morgan fingerprint density at radius 3 is 2.38 bits per heavy atom. The van der Waals surface area contributed by atoms with Crippen LogP contribution in [0.4, 0.5) is 5.69 Å².